The van der Waals surface area contributed by atoms with Crippen molar-refractivity contribution in [3.8, 4) is 0 Å². The zero-order chi connectivity index (χ0) is 43.2. The van der Waals surface area contributed by atoms with Crippen molar-refractivity contribution in [3.63, 3.8) is 0 Å². The second-order valence-corrected chi connectivity index (χ2v) is 17.8. The third kappa shape index (κ3) is 45.6. The van der Waals surface area contributed by atoms with E-state index in [1.165, 1.54) is 128 Å². The largest absolute Gasteiger partial charge is 0.472 e. The van der Waals surface area contributed by atoms with Crippen molar-refractivity contribution in [2.75, 3.05) is 26.4 Å². The van der Waals surface area contributed by atoms with Gasteiger partial charge in [0.2, 0.25) is 0 Å². The van der Waals surface area contributed by atoms with Gasteiger partial charge in [0.15, 0.2) is 6.10 Å². The van der Waals surface area contributed by atoms with Crippen LogP contribution in [-0.4, -0.2) is 49.3 Å². The number of rotatable bonds is 46. The van der Waals surface area contributed by atoms with E-state index in [1.54, 1.807) is 0 Å². The Balaban J connectivity index is 4.01. The van der Waals surface area contributed by atoms with Gasteiger partial charge in [-0.05, 0) is 44.9 Å². The van der Waals surface area contributed by atoms with Crippen LogP contribution in [0.2, 0.25) is 0 Å². The molecule has 0 rings (SSSR count). The van der Waals surface area contributed by atoms with Crippen molar-refractivity contribution in [3.05, 3.63) is 36.5 Å². The molecule has 0 amide bonds. The molecule has 9 nitrogen and oxygen atoms in total. The summed E-state index contributed by atoms with van der Waals surface area (Å²) >= 11 is 0. The van der Waals surface area contributed by atoms with Crippen molar-refractivity contribution in [1.29, 1.82) is 0 Å². The SMILES string of the molecule is CC/C=C\C/C=C\C/C=C\CCCCCCCC(=O)OC(COC(=O)CCCCCCCCCCCCCCCCCCCCCCCCC)COP(=O)(O)OCCN. The highest BCUT2D eigenvalue weighted by molar-refractivity contribution is 7.47. The van der Waals surface area contributed by atoms with E-state index in [0.717, 1.165) is 70.6 Å². The molecular weight excluding hydrogens is 762 g/mol. The van der Waals surface area contributed by atoms with Crippen molar-refractivity contribution < 1.29 is 37.6 Å². The van der Waals surface area contributed by atoms with Crippen LogP contribution in [0.15, 0.2) is 36.5 Å². The maximum atomic E-state index is 12.6. The maximum Gasteiger partial charge on any atom is 0.472 e. The number of phosphoric ester groups is 1. The molecule has 2 atom stereocenters. The molecule has 0 spiro atoms. The number of hydrogen-bond donors (Lipinski definition) is 2. The second kappa shape index (κ2) is 45.7. The van der Waals surface area contributed by atoms with Gasteiger partial charge in [0.05, 0.1) is 13.2 Å². The molecule has 0 saturated heterocycles. The first-order valence-electron chi connectivity index (χ1n) is 24.5. The van der Waals surface area contributed by atoms with Crippen molar-refractivity contribution in [1.82, 2.24) is 0 Å². The molecule has 0 aromatic heterocycles. The van der Waals surface area contributed by atoms with Crippen LogP contribution in [0.5, 0.6) is 0 Å². The van der Waals surface area contributed by atoms with Crippen molar-refractivity contribution in [2.45, 2.75) is 238 Å². The Bertz CT molecular complexity index is 1060. The number of carbonyl (C=O) groups is 2. The molecule has 0 aliphatic heterocycles. The number of phosphoric acid groups is 1. The van der Waals surface area contributed by atoms with E-state index in [9.17, 15) is 19.0 Å². The van der Waals surface area contributed by atoms with Gasteiger partial charge in [-0.15, -0.1) is 0 Å². The molecule has 346 valence electrons. The van der Waals surface area contributed by atoms with Gasteiger partial charge in [0, 0.05) is 19.4 Å². The molecule has 0 aliphatic carbocycles. The summed E-state index contributed by atoms with van der Waals surface area (Å²) in [6, 6.07) is 0. The van der Waals surface area contributed by atoms with E-state index in [4.69, 9.17) is 24.3 Å². The summed E-state index contributed by atoms with van der Waals surface area (Å²) in [6.07, 6.45) is 51.9. The third-order valence-corrected chi connectivity index (χ3v) is 11.5. The number of allylic oxidation sites excluding steroid dienone is 6. The summed E-state index contributed by atoms with van der Waals surface area (Å²) in [5, 5.41) is 0. The van der Waals surface area contributed by atoms with Crippen LogP contribution in [0.3, 0.4) is 0 Å². The zero-order valence-corrected chi connectivity index (χ0v) is 39.1. The molecular formula is C49H92NO8P. The first-order valence-corrected chi connectivity index (χ1v) is 26.0. The number of ether oxygens (including phenoxy) is 2. The fourth-order valence-electron chi connectivity index (χ4n) is 6.94. The molecule has 0 aromatic rings. The predicted molar refractivity (Wildman–Crippen MR) is 247 cm³/mol. The lowest BCUT2D eigenvalue weighted by Gasteiger charge is -2.19. The molecule has 3 N–H and O–H groups in total. The Morgan fingerprint density at radius 1 is 0.525 bits per heavy atom. The lowest BCUT2D eigenvalue weighted by Crippen LogP contribution is -2.29. The van der Waals surface area contributed by atoms with Gasteiger partial charge in [-0.3, -0.25) is 18.6 Å². The van der Waals surface area contributed by atoms with E-state index < -0.39 is 26.5 Å². The summed E-state index contributed by atoms with van der Waals surface area (Å²) in [7, 11) is -4.38. The first kappa shape index (κ1) is 57.2. The quantitative estimate of drug-likeness (QED) is 0.0265. The highest BCUT2D eigenvalue weighted by Crippen LogP contribution is 2.43. The summed E-state index contributed by atoms with van der Waals surface area (Å²) in [5.74, 6) is -0.839. The van der Waals surface area contributed by atoms with Crippen LogP contribution in [0.1, 0.15) is 232 Å². The first-order chi connectivity index (χ1) is 28.8. The van der Waals surface area contributed by atoms with Gasteiger partial charge in [0.25, 0.3) is 0 Å². The molecule has 0 radical (unpaired) electrons. The maximum absolute atomic E-state index is 12.6. The standard InChI is InChI=1S/C49H92NO8P/c1-3-5-7-9-11-13-15-17-19-20-21-22-23-24-25-26-28-29-31-33-35-37-39-41-48(51)55-45-47(46-57-59(53,54)56-44-43-50)58-49(52)42-40-38-36-34-32-30-27-18-16-14-12-10-8-6-4-2/h6,8,12,14,18,27,47H,3-5,7,9-11,13,15-17,19-26,28-46,50H2,1-2H3,(H,53,54)/b8-6-,14-12-,27-18-. The highest BCUT2D eigenvalue weighted by atomic mass is 31.2. The highest BCUT2D eigenvalue weighted by Gasteiger charge is 2.26. The summed E-state index contributed by atoms with van der Waals surface area (Å²) in [6.45, 7) is 3.63. The van der Waals surface area contributed by atoms with Gasteiger partial charge >= 0.3 is 19.8 Å². The minimum Gasteiger partial charge on any atom is -0.462 e. The van der Waals surface area contributed by atoms with Gasteiger partial charge in [-0.2, -0.15) is 0 Å². The van der Waals surface area contributed by atoms with Crippen LogP contribution >= 0.6 is 7.82 Å². The number of unbranched alkanes of at least 4 members (excludes halogenated alkanes) is 27. The molecule has 0 heterocycles. The lowest BCUT2D eigenvalue weighted by molar-refractivity contribution is -0.161. The average molecular weight is 854 g/mol. The average Bonchev–Trinajstić information content (AvgIpc) is 3.22. The van der Waals surface area contributed by atoms with Crippen LogP contribution in [0.4, 0.5) is 0 Å². The summed E-state index contributed by atoms with van der Waals surface area (Å²) in [4.78, 5) is 35.0. The van der Waals surface area contributed by atoms with E-state index in [1.807, 2.05) is 0 Å². The predicted octanol–water partition coefficient (Wildman–Crippen LogP) is 14.5. The Morgan fingerprint density at radius 3 is 1.39 bits per heavy atom. The molecule has 0 bridgehead atoms. The fraction of sp³-hybridized carbons (Fsp3) is 0.837. The normalized spacial score (nSPS) is 13.5. The molecule has 0 saturated carbocycles. The van der Waals surface area contributed by atoms with Gasteiger partial charge in [-0.1, -0.05) is 211 Å². The molecule has 0 aliphatic rings. The number of hydrogen-bond acceptors (Lipinski definition) is 8. The van der Waals surface area contributed by atoms with Crippen LogP contribution in [0, 0.1) is 0 Å². The zero-order valence-electron chi connectivity index (χ0n) is 38.2. The monoisotopic (exact) mass is 854 g/mol. The Morgan fingerprint density at radius 2 is 0.932 bits per heavy atom. The number of carbonyl (C=O) groups excluding carboxylic acids is 2. The number of nitrogens with two attached hydrogens (primary N) is 1. The lowest BCUT2D eigenvalue weighted by atomic mass is 10.0. The van der Waals surface area contributed by atoms with Crippen molar-refractivity contribution in [2.24, 2.45) is 5.73 Å². The topological polar surface area (TPSA) is 134 Å². The molecule has 0 aromatic carbocycles. The molecule has 59 heavy (non-hydrogen) atoms. The smallest absolute Gasteiger partial charge is 0.462 e. The minimum atomic E-state index is -4.38. The van der Waals surface area contributed by atoms with Crippen molar-refractivity contribution >= 4 is 19.8 Å². The molecule has 10 heteroatoms. The second-order valence-electron chi connectivity index (χ2n) is 16.3. The molecule has 2 unspecified atom stereocenters. The van der Waals surface area contributed by atoms with E-state index >= 15 is 0 Å². The van der Waals surface area contributed by atoms with E-state index in [0.29, 0.717) is 6.42 Å². The van der Waals surface area contributed by atoms with Crippen LogP contribution in [0.25, 0.3) is 0 Å². The van der Waals surface area contributed by atoms with Crippen LogP contribution in [-0.2, 0) is 32.7 Å². The summed E-state index contributed by atoms with van der Waals surface area (Å²) < 4.78 is 32.8. The Labute approximate surface area is 363 Å². The Kier molecular flexibility index (Phi) is 44.4. The number of esters is 2. The fourth-order valence-corrected chi connectivity index (χ4v) is 7.71. The van der Waals surface area contributed by atoms with Crippen LogP contribution < -0.4 is 5.73 Å². The Hall–Kier alpha value is -1.77. The van der Waals surface area contributed by atoms with Gasteiger partial charge in [0.1, 0.15) is 6.61 Å². The third-order valence-electron chi connectivity index (χ3n) is 10.5. The summed E-state index contributed by atoms with van der Waals surface area (Å²) in [5.41, 5.74) is 5.36. The minimum absolute atomic E-state index is 0.0508. The van der Waals surface area contributed by atoms with Gasteiger partial charge in [-0.25, -0.2) is 4.57 Å². The van der Waals surface area contributed by atoms with E-state index in [2.05, 4.69) is 50.3 Å². The molecule has 0 fully saturated rings. The van der Waals surface area contributed by atoms with Gasteiger partial charge < -0.3 is 20.1 Å². The van der Waals surface area contributed by atoms with E-state index in [-0.39, 0.29) is 38.6 Å².